The number of carbonyl (C=O) groups is 1. The summed E-state index contributed by atoms with van der Waals surface area (Å²) in [7, 11) is 0. The van der Waals surface area contributed by atoms with Gasteiger partial charge in [0.1, 0.15) is 5.75 Å². The van der Waals surface area contributed by atoms with Crippen LogP contribution in [0.25, 0.3) is 0 Å². The molecule has 0 fully saturated rings. The minimum atomic E-state index is -0.377. The molecule has 3 N–H and O–H groups in total. The van der Waals surface area contributed by atoms with Crippen LogP contribution in [0.1, 0.15) is 17.3 Å². The van der Waals surface area contributed by atoms with Crippen LogP contribution >= 0.6 is 23.2 Å². The summed E-state index contributed by atoms with van der Waals surface area (Å²) in [6.45, 7) is 2.33. The normalized spacial score (nSPS) is 10.2. The van der Waals surface area contributed by atoms with Gasteiger partial charge in [0.15, 0.2) is 0 Å². The molecule has 0 aliphatic rings. The number of nitrogen functional groups attached to an aromatic ring is 1. The Morgan fingerprint density at radius 2 is 1.86 bits per heavy atom. The lowest BCUT2D eigenvalue weighted by Gasteiger charge is -2.13. The van der Waals surface area contributed by atoms with Gasteiger partial charge in [-0.15, -0.1) is 0 Å². The second-order valence-electron chi connectivity index (χ2n) is 4.26. The number of hydrogen-bond donors (Lipinski definition) is 2. The molecule has 2 rings (SSSR count). The highest BCUT2D eigenvalue weighted by atomic mass is 35.5. The van der Waals surface area contributed by atoms with E-state index in [1.54, 1.807) is 30.3 Å². The first-order valence-electron chi connectivity index (χ1n) is 6.30. The summed E-state index contributed by atoms with van der Waals surface area (Å²) in [6.07, 6.45) is 0. The first kappa shape index (κ1) is 15.5. The van der Waals surface area contributed by atoms with E-state index in [1.165, 1.54) is 6.07 Å². The maximum absolute atomic E-state index is 12.3. The van der Waals surface area contributed by atoms with E-state index in [0.717, 1.165) is 0 Å². The molecule has 4 nitrogen and oxygen atoms in total. The molecular formula is C15H14Cl2N2O2. The number of benzene rings is 2. The van der Waals surface area contributed by atoms with Crippen LogP contribution in [-0.2, 0) is 0 Å². The molecule has 0 unspecified atom stereocenters. The van der Waals surface area contributed by atoms with Crippen LogP contribution in [0.4, 0.5) is 11.4 Å². The predicted octanol–water partition coefficient (Wildman–Crippen LogP) is 4.23. The van der Waals surface area contributed by atoms with E-state index in [0.29, 0.717) is 39.3 Å². The van der Waals surface area contributed by atoms with Crippen molar-refractivity contribution in [2.75, 3.05) is 17.7 Å². The van der Waals surface area contributed by atoms with Crippen molar-refractivity contribution in [2.24, 2.45) is 0 Å². The molecular weight excluding hydrogens is 311 g/mol. The summed E-state index contributed by atoms with van der Waals surface area (Å²) in [5.74, 6) is 0.161. The molecule has 0 aromatic heterocycles. The summed E-state index contributed by atoms with van der Waals surface area (Å²) < 4.78 is 5.45. The summed E-state index contributed by atoms with van der Waals surface area (Å²) >= 11 is 11.8. The lowest BCUT2D eigenvalue weighted by atomic mass is 10.1. The number of carbonyl (C=O) groups excluding carboxylic acids is 1. The van der Waals surface area contributed by atoms with E-state index in [4.69, 9.17) is 33.7 Å². The summed E-state index contributed by atoms with van der Waals surface area (Å²) in [5.41, 5.74) is 6.91. The van der Waals surface area contributed by atoms with Gasteiger partial charge in [-0.1, -0.05) is 23.2 Å². The fraction of sp³-hybridized carbons (Fsp3) is 0.133. The van der Waals surface area contributed by atoms with E-state index < -0.39 is 0 Å². The van der Waals surface area contributed by atoms with Crippen molar-refractivity contribution >= 4 is 40.5 Å². The zero-order valence-electron chi connectivity index (χ0n) is 11.3. The Balaban J connectivity index is 2.31. The fourth-order valence-corrected chi connectivity index (χ4v) is 2.14. The monoisotopic (exact) mass is 324 g/mol. The smallest absolute Gasteiger partial charge is 0.257 e. The molecule has 6 heteroatoms. The molecule has 0 heterocycles. The lowest BCUT2D eigenvalue weighted by molar-refractivity contribution is 0.102. The third-order valence-electron chi connectivity index (χ3n) is 2.75. The number of halogens is 2. The Bertz CT molecular complexity index is 675. The van der Waals surface area contributed by atoms with E-state index in [9.17, 15) is 4.79 Å². The Labute approximate surface area is 132 Å². The van der Waals surface area contributed by atoms with Crippen molar-refractivity contribution in [3.8, 4) is 5.75 Å². The van der Waals surface area contributed by atoms with Crippen LogP contribution in [0.5, 0.6) is 5.75 Å². The fourth-order valence-electron chi connectivity index (χ4n) is 1.80. The van der Waals surface area contributed by atoms with E-state index in [1.807, 2.05) is 6.92 Å². The lowest BCUT2D eigenvalue weighted by Crippen LogP contribution is -2.15. The first-order valence-corrected chi connectivity index (χ1v) is 7.05. The quantitative estimate of drug-likeness (QED) is 0.827. The first-order chi connectivity index (χ1) is 10.0. The second kappa shape index (κ2) is 6.70. The predicted molar refractivity (Wildman–Crippen MR) is 86.4 cm³/mol. The minimum absolute atomic E-state index is 0.296. The molecule has 0 saturated heterocycles. The zero-order valence-corrected chi connectivity index (χ0v) is 12.8. The van der Waals surface area contributed by atoms with Gasteiger partial charge < -0.3 is 15.8 Å². The summed E-state index contributed by atoms with van der Waals surface area (Å²) in [6, 6.07) is 9.72. The molecule has 0 bridgehead atoms. The van der Waals surface area contributed by atoms with Crippen molar-refractivity contribution in [3.63, 3.8) is 0 Å². The average molecular weight is 325 g/mol. The van der Waals surface area contributed by atoms with E-state index in [2.05, 4.69) is 5.32 Å². The highest BCUT2D eigenvalue weighted by Gasteiger charge is 2.13. The molecule has 2 aromatic carbocycles. The van der Waals surface area contributed by atoms with Gasteiger partial charge in [0.25, 0.3) is 5.91 Å². The number of amides is 1. The molecule has 0 aliphatic heterocycles. The van der Waals surface area contributed by atoms with Crippen LogP contribution in [0, 0.1) is 0 Å². The Morgan fingerprint density at radius 1 is 1.19 bits per heavy atom. The van der Waals surface area contributed by atoms with Crippen molar-refractivity contribution in [1.29, 1.82) is 0 Å². The van der Waals surface area contributed by atoms with Gasteiger partial charge in [-0.25, -0.2) is 0 Å². The molecule has 0 radical (unpaired) electrons. The van der Waals surface area contributed by atoms with Gasteiger partial charge in [0, 0.05) is 15.7 Å². The maximum atomic E-state index is 12.3. The van der Waals surface area contributed by atoms with Gasteiger partial charge in [-0.2, -0.15) is 0 Å². The molecule has 0 spiro atoms. The van der Waals surface area contributed by atoms with Crippen molar-refractivity contribution < 1.29 is 9.53 Å². The number of hydrogen-bond acceptors (Lipinski definition) is 3. The number of nitrogens with two attached hydrogens (primary N) is 1. The van der Waals surface area contributed by atoms with Crippen molar-refractivity contribution in [1.82, 2.24) is 0 Å². The van der Waals surface area contributed by atoms with Crippen LogP contribution < -0.4 is 15.8 Å². The molecule has 0 aliphatic carbocycles. The number of ether oxygens (including phenoxy) is 1. The Hall–Kier alpha value is -1.91. The summed E-state index contributed by atoms with van der Waals surface area (Å²) in [4.78, 5) is 12.3. The number of rotatable bonds is 4. The van der Waals surface area contributed by atoms with Gasteiger partial charge in [0.2, 0.25) is 0 Å². The minimum Gasteiger partial charge on any atom is -0.492 e. The van der Waals surface area contributed by atoms with Crippen molar-refractivity contribution in [3.05, 3.63) is 52.0 Å². The molecule has 110 valence electrons. The van der Waals surface area contributed by atoms with Crippen LogP contribution in [0.3, 0.4) is 0 Å². The van der Waals surface area contributed by atoms with Gasteiger partial charge >= 0.3 is 0 Å². The highest BCUT2D eigenvalue weighted by molar-refractivity contribution is 6.31. The Kier molecular flexibility index (Phi) is 4.94. The van der Waals surface area contributed by atoms with Gasteiger partial charge in [-0.05, 0) is 43.3 Å². The summed E-state index contributed by atoms with van der Waals surface area (Å²) in [5, 5.41) is 3.66. The third-order valence-corrected chi connectivity index (χ3v) is 3.22. The molecule has 21 heavy (non-hydrogen) atoms. The largest absolute Gasteiger partial charge is 0.492 e. The standard InChI is InChI=1S/C15H14Cl2N2O2/c1-2-21-14-6-4-10(17)8-13(14)19-15(20)11-7-9(16)3-5-12(11)18/h3-8H,2,18H2,1H3,(H,19,20). The number of nitrogens with one attached hydrogen (secondary N) is 1. The SMILES string of the molecule is CCOc1ccc(Cl)cc1NC(=O)c1cc(Cl)ccc1N. The van der Waals surface area contributed by atoms with Crippen LogP contribution in [0.15, 0.2) is 36.4 Å². The number of anilines is 2. The van der Waals surface area contributed by atoms with E-state index in [-0.39, 0.29) is 5.91 Å². The van der Waals surface area contributed by atoms with E-state index >= 15 is 0 Å². The van der Waals surface area contributed by atoms with Crippen LogP contribution in [0.2, 0.25) is 10.0 Å². The van der Waals surface area contributed by atoms with Gasteiger partial charge in [-0.3, -0.25) is 4.79 Å². The highest BCUT2D eigenvalue weighted by Crippen LogP contribution is 2.29. The molecule has 1 amide bonds. The van der Waals surface area contributed by atoms with Crippen molar-refractivity contribution in [2.45, 2.75) is 6.92 Å². The Morgan fingerprint density at radius 3 is 2.57 bits per heavy atom. The topological polar surface area (TPSA) is 64.3 Å². The maximum Gasteiger partial charge on any atom is 0.257 e. The average Bonchev–Trinajstić information content (AvgIpc) is 2.44. The molecule has 0 atom stereocenters. The van der Waals surface area contributed by atoms with Crippen LogP contribution in [-0.4, -0.2) is 12.5 Å². The third kappa shape index (κ3) is 3.80. The molecule has 0 saturated carbocycles. The molecule has 2 aromatic rings. The second-order valence-corrected chi connectivity index (χ2v) is 5.13. The van der Waals surface area contributed by atoms with Gasteiger partial charge in [0.05, 0.1) is 17.9 Å². The zero-order chi connectivity index (χ0) is 15.4.